The van der Waals surface area contributed by atoms with Crippen LogP contribution in [0.3, 0.4) is 0 Å². The third kappa shape index (κ3) is 6.00. The van der Waals surface area contributed by atoms with E-state index in [0.29, 0.717) is 21.9 Å². The van der Waals surface area contributed by atoms with Gasteiger partial charge in [0.25, 0.3) is 6.01 Å². The van der Waals surface area contributed by atoms with Crippen LogP contribution in [0.1, 0.15) is 11.3 Å². The number of fused-ring (bicyclic) bond motifs is 2. The maximum atomic E-state index is 14.6. The Kier molecular flexibility index (Phi) is 7.71. The van der Waals surface area contributed by atoms with Crippen molar-refractivity contribution in [1.82, 2.24) is 19.7 Å². The van der Waals surface area contributed by atoms with Gasteiger partial charge in [0.2, 0.25) is 10.0 Å². The quantitative estimate of drug-likeness (QED) is 0.307. The smallest absolute Gasteiger partial charge is 0.296 e. The van der Waals surface area contributed by atoms with E-state index in [2.05, 4.69) is 19.7 Å². The maximum Gasteiger partial charge on any atom is 0.296 e. The summed E-state index contributed by atoms with van der Waals surface area (Å²) in [6.07, 6.45) is -0.899. The first-order valence-electron chi connectivity index (χ1n) is 11.8. The molecule has 1 aromatic carbocycles. The highest BCUT2D eigenvalue weighted by Gasteiger charge is 2.48. The molecule has 0 spiro atoms. The largest absolute Gasteiger partial charge is 0.492 e. The van der Waals surface area contributed by atoms with Crippen LogP contribution in [0.5, 0.6) is 11.8 Å². The van der Waals surface area contributed by atoms with Gasteiger partial charge in [-0.3, -0.25) is 0 Å². The van der Waals surface area contributed by atoms with E-state index in [1.54, 1.807) is 6.07 Å². The molecule has 206 valence electrons. The third-order valence-electron chi connectivity index (χ3n) is 6.18. The molecule has 15 heteroatoms. The van der Waals surface area contributed by atoms with Crippen molar-refractivity contribution in [3.8, 4) is 11.8 Å². The predicted molar refractivity (Wildman–Crippen MR) is 131 cm³/mol. The number of pyridine rings is 1. The van der Waals surface area contributed by atoms with Crippen LogP contribution in [0.25, 0.3) is 11.2 Å². The molecule has 4 heterocycles. The second-order valence-corrected chi connectivity index (χ2v) is 11.3. The fraction of sp³-hybridized carbons (Fsp3) is 0.478. The molecule has 2 aliphatic rings. The van der Waals surface area contributed by atoms with Crippen molar-refractivity contribution in [2.45, 2.75) is 37.3 Å². The molecule has 0 bridgehead atoms. The summed E-state index contributed by atoms with van der Waals surface area (Å²) < 4.78 is 75.8. The Labute approximate surface area is 221 Å². The van der Waals surface area contributed by atoms with Crippen LogP contribution in [-0.2, 0) is 32.3 Å². The van der Waals surface area contributed by atoms with Crippen LogP contribution < -0.4 is 14.2 Å². The molecule has 2 saturated heterocycles. The van der Waals surface area contributed by atoms with Crippen molar-refractivity contribution in [2.75, 3.05) is 32.6 Å². The van der Waals surface area contributed by atoms with Gasteiger partial charge in [0.1, 0.15) is 42.3 Å². The van der Waals surface area contributed by atoms with Crippen LogP contribution in [-0.4, -0.2) is 85.5 Å². The van der Waals surface area contributed by atoms with E-state index < -0.39 is 46.1 Å². The van der Waals surface area contributed by atoms with E-state index in [0.717, 1.165) is 18.4 Å². The first-order valence-corrected chi connectivity index (χ1v) is 14.0. The van der Waals surface area contributed by atoms with Gasteiger partial charge in [-0.1, -0.05) is 11.6 Å². The van der Waals surface area contributed by atoms with Gasteiger partial charge in [-0.05, 0) is 18.9 Å². The number of sulfonamides is 1. The summed E-state index contributed by atoms with van der Waals surface area (Å²) >= 11 is 6.37. The fourth-order valence-electron chi connectivity index (χ4n) is 4.39. The van der Waals surface area contributed by atoms with Gasteiger partial charge in [0.15, 0.2) is 11.8 Å². The Balaban J connectivity index is 1.23. The molecule has 0 unspecified atom stereocenters. The number of nitrogens with zero attached hydrogens (tertiary/aromatic N) is 2. The van der Waals surface area contributed by atoms with E-state index in [-0.39, 0.29) is 56.5 Å². The highest BCUT2D eigenvalue weighted by molar-refractivity contribution is 7.88. The number of nitrogens with one attached hydrogen (secondary N) is 2. The van der Waals surface area contributed by atoms with Crippen molar-refractivity contribution in [1.29, 1.82) is 0 Å². The molecular formula is C23H25ClF2N4O7S. The normalized spacial score (nSPS) is 23.2. The fourth-order valence-corrected chi connectivity index (χ4v) is 5.09. The highest BCUT2D eigenvalue weighted by atomic mass is 35.5. The van der Waals surface area contributed by atoms with Gasteiger partial charge in [-0.25, -0.2) is 26.9 Å². The molecule has 3 aromatic rings. The molecule has 11 nitrogen and oxygen atoms in total. The summed E-state index contributed by atoms with van der Waals surface area (Å²) in [4.78, 5) is 11.7. The van der Waals surface area contributed by atoms with Crippen molar-refractivity contribution in [3.05, 3.63) is 46.1 Å². The maximum absolute atomic E-state index is 14.6. The number of aliphatic hydroxyl groups is 1. The molecule has 0 aliphatic carbocycles. The zero-order valence-electron chi connectivity index (χ0n) is 20.1. The summed E-state index contributed by atoms with van der Waals surface area (Å²) in [6, 6.07) is 3.87. The van der Waals surface area contributed by atoms with Crippen molar-refractivity contribution in [2.24, 2.45) is 0 Å². The Morgan fingerprint density at radius 3 is 2.63 bits per heavy atom. The van der Waals surface area contributed by atoms with Gasteiger partial charge in [-0.15, -0.1) is 0 Å². The molecule has 2 aliphatic heterocycles. The minimum atomic E-state index is -3.39. The molecule has 0 radical (unpaired) electrons. The van der Waals surface area contributed by atoms with Crippen LogP contribution in [0.2, 0.25) is 5.02 Å². The summed E-state index contributed by atoms with van der Waals surface area (Å²) in [5.74, 6) is -1.67. The van der Waals surface area contributed by atoms with E-state index in [9.17, 15) is 22.3 Å². The van der Waals surface area contributed by atoms with Crippen molar-refractivity contribution >= 4 is 32.8 Å². The number of aromatic nitrogens is 3. The SMILES string of the molecule is CS(=O)(=O)NCCOc1cc(F)c(CCc2nc3nc(O[C@@H]4CO[C@H]5[C@@H]4OC[C@H]5O)[nH]c3cc2Cl)c(F)c1. The van der Waals surface area contributed by atoms with Gasteiger partial charge in [-0.2, -0.15) is 4.98 Å². The lowest BCUT2D eigenvalue weighted by Crippen LogP contribution is -2.34. The molecule has 0 saturated carbocycles. The van der Waals surface area contributed by atoms with Gasteiger partial charge >= 0.3 is 0 Å². The van der Waals surface area contributed by atoms with E-state index in [1.807, 2.05) is 0 Å². The Hall–Kier alpha value is -2.62. The monoisotopic (exact) mass is 574 g/mol. The Bertz CT molecular complexity index is 1420. The number of benzene rings is 1. The lowest BCUT2D eigenvalue weighted by Gasteiger charge is -2.15. The number of aliphatic hydroxyl groups excluding tert-OH is 1. The van der Waals surface area contributed by atoms with Crippen LogP contribution in [0.15, 0.2) is 18.2 Å². The van der Waals surface area contributed by atoms with Gasteiger partial charge in [0.05, 0.1) is 35.7 Å². The van der Waals surface area contributed by atoms with Gasteiger partial charge < -0.3 is 29.0 Å². The van der Waals surface area contributed by atoms with Crippen LogP contribution >= 0.6 is 11.6 Å². The van der Waals surface area contributed by atoms with E-state index in [1.165, 1.54) is 0 Å². The second kappa shape index (κ2) is 10.9. The number of imidazole rings is 1. The summed E-state index contributed by atoms with van der Waals surface area (Å²) in [6.45, 7) is 0.282. The van der Waals surface area contributed by atoms with Crippen LogP contribution in [0, 0.1) is 11.6 Å². The van der Waals surface area contributed by atoms with Gasteiger partial charge in [0, 0.05) is 24.2 Å². The van der Waals surface area contributed by atoms with Crippen molar-refractivity contribution in [3.63, 3.8) is 0 Å². The zero-order valence-corrected chi connectivity index (χ0v) is 21.7. The number of ether oxygens (including phenoxy) is 4. The number of H-pyrrole nitrogens is 1. The number of halogens is 3. The number of hydrogen-bond acceptors (Lipinski definition) is 9. The Morgan fingerprint density at radius 1 is 1.16 bits per heavy atom. The number of hydrogen-bond donors (Lipinski definition) is 3. The van der Waals surface area contributed by atoms with Crippen molar-refractivity contribution < 1.29 is 41.3 Å². The second-order valence-electron chi connectivity index (χ2n) is 9.03. The minimum Gasteiger partial charge on any atom is -0.492 e. The standard InChI is InChI=1S/C23H25ClF2N4O7S/c1-38(32,33)27-4-5-34-11-6-14(25)12(15(26)7-11)2-3-16-13(24)8-17-22(28-16)30-23(29-17)37-19-10-36-20-18(31)9-35-21(19)20/h6-8,18-21,27,31H,2-5,9-10H2,1H3,(H,28,29,30)/t18-,19-,20-,21-/m1/s1. The number of aryl methyl sites for hydroxylation is 1. The predicted octanol–water partition coefficient (Wildman–Crippen LogP) is 1.51. The number of rotatable bonds is 10. The lowest BCUT2D eigenvalue weighted by molar-refractivity contribution is 0.00706. The minimum absolute atomic E-state index is 0.0261. The molecule has 3 N–H and O–H groups in total. The Morgan fingerprint density at radius 2 is 1.89 bits per heavy atom. The third-order valence-corrected chi connectivity index (χ3v) is 7.24. The molecule has 38 heavy (non-hydrogen) atoms. The molecule has 2 aromatic heterocycles. The topological polar surface area (TPSA) is 145 Å². The molecule has 2 fully saturated rings. The summed E-state index contributed by atoms with van der Waals surface area (Å²) in [5.41, 5.74) is 1.07. The summed E-state index contributed by atoms with van der Waals surface area (Å²) in [7, 11) is -3.39. The first kappa shape index (κ1) is 27.0. The average molecular weight is 575 g/mol. The molecule has 0 amide bonds. The average Bonchev–Trinajstić information content (AvgIpc) is 3.52. The molecule has 4 atom stereocenters. The van der Waals surface area contributed by atoms with E-state index in [4.69, 9.17) is 30.5 Å². The highest BCUT2D eigenvalue weighted by Crippen LogP contribution is 2.30. The number of aromatic amines is 1. The molecular weight excluding hydrogens is 550 g/mol. The van der Waals surface area contributed by atoms with E-state index >= 15 is 0 Å². The van der Waals surface area contributed by atoms with Crippen LogP contribution in [0.4, 0.5) is 8.78 Å². The molecule has 5 rings (SSSR count). The lowest BCUT2D eigenvalue weighted by atomic mass is 10.1. The first-order chi connectivity index (χ1) is 18.1. The summed E-state index contributed by atoms with van der Waals surface area (Å²) in [5, 5.41) is 10.2. The zero-order chi connectivity index (χ0) is 27.0.